The van der Waals surface area contributed by atoms with Crippen LogP contribution < -0.4 is 5.32 Å². The summed E-state index contributed by atoms with van der Waals surface area (Å²) in [5.41, 5.74) is 1.10. The molecule has 3 rings (SSSR count). The van der Waals surface area contributed by atoms with E-state index in [1.807, 2.05) is 12.1 Å². The molecule has 0 aromatic heterocycles. The normalized spacial score (nSPS) is 28.5. The van der Waals surface area contributed by atoms with Gasteiger partial charge in [0.05, 0.1) is 6.10 Å². The second kappa shape index (κ2) is 4.75. The molecule has 2 aliphatic rings. The van der Waals surface area contributed by atoms with Crippen LogP contribution in [0.5, 0.6) is 0 Å². The zero-order valence-corrected chi connectivity index (χ0v) is 9.86. The Balaban J connectivity index is 1.65. The standard InChI is InChI=1S/C14H18FNO/c15-12-3-1-10(2-4-12)14-11(7-8-17-14)9-16-13-5-6-13/h1-4,11,13-14,16H,5-9H2. The van der Waals surface area contributed by atoms with Crippen molar-refractivity contribution in [3.8, 4) is 0 Å². The highest BCUT2D eigenvalue weighted by Gasteiger charge is 2.31. The van der Waals surface area contributed by atoms with Crippen LogP contribution in [0.1, 0.15) is 30.9 Å². The molecule has 1 aromatic carbocycles. The summed E-state index contributed by atoms with van der Waals surface area (Å²) < 4.78 is 18.7. The molecule has 1 saturated heterocycles. The highest BCUT2D eigenvalue weighted by atomic mass is 19.1. The van der Waals surface area contributed by atoms with Crippen LogP contribution in [-0.2, 0) is 4.74 Å². The second-order valence-electron chi connectivity index (χ2n) is 5.07. The Morgan fingerprint density at radius 1 is 1.18 bits per heavy atom. The lowest BCUT2D eigenvalue weighted by atomic mass is 9.95. The minimum atomic E-state index is -0.181. The first-order chi connectivity index (χ1) is 8.33. The summed E-state index contributed by atoms with van der Waals surface area (Å²) in [7, 11) is 0. The minimum Gasteiger partial charge on any atom is -0.373 e. The molecule has 1 N–H and O–H groups in total. The van der Waals surface area contributed by atoms with Crippen molar-refractivity contribution in [1.29, 1.82) is 0 Å². The molecule has 1 aromatic rings. The Labute approximate surface area is 101 Å². The number of rotatable bonds is 4. The summed E-state index contributed by atoms with van der Waals surface area (Å²) in [6, 6.07) is 7.46. The molecule has 92 valence electrons. The minimum absolute atomic E-state index is 0.141. The fourth-order valence-electron chi connectivity index (χ4n) is 2.47. The molecule has 2 atom stereocenters. The molecule has 3 heteroatoms. The van der Waals surface area contributed by atoms with Gasteiger partial charge >= 0.3 is 0 Å². The van der Waals surface area contributed by atoms with E-state index in [9.17, 15) is 4.39 Å². The average molecular weight is 235 g/mol. The number of hydrogen-bond acceptors (Lipinski definition) is 2. The van der Waals surface area contributed by atoms with Crippen LogP contribution in [0.3, 0.4) is 0 Å². The molecule has 1 saturated carbocycles. The highest BCUT2D eigenvalue weighted by molar-refractivity contribution is 5.20. The van der Waals surface area contributed by atoms with E-state index in [0.29, 0.717) is 5.92 Å². The predicted octanol–water partition coefficient (Wildman–Crippen LogP) is 2.66. The van der Waals surface area contributed by atoms with Crippen LogP contribution in [0.25, 0.3) is 0 Å². The van der Waals surface area contributed by atoms with Crippen molar-refractivity contribution in [1.82, 2.24) is 5.32 Å². The summed E-state index contributed by atoms with van der Waals surface area (Å²) in [6.45, 7) is 1.84. The van der Waals surface area contributed by atoms with Gasteiger partial charge in [-0.25, -0.2) is 4.39 Å². The third-order valence-corrected chi connectivity index (χ3v) is 3.66. The Morgan fingerprint density at radius 2 is 1.94 bits per heavy atom. The Bertz CT molecular complexity index is 374. The third kappa shape index (κ3) is 2.67. The molecule has 2 fully saturated rings. The van der Waals surface area contributed by atoms with Crippen LogP contribution in [0.2, 0.25) is 0 Å². The Morgan fingerprint density at radius 3 is 2.65 bits per heavy atom. The van der Waals surface area contributed by atoms with E-state index >= 15 is 0 Å². The highest BCUT2D eigenvalue weighted by Crippen LogP contribution is 2.34. The number of nitrogens with one attached hydrogen (secondary N) is 1. The van der Waals surface area contributed by atoms with E-state index in [-0.39, 0.29) is 11.9 Å². The maximum absolute atomic E-state index is 12.9. The van der Waals surface area contributed by atoms with Crippen molar-refractivity contribution in [2.75, 3.05) is 13.2 Å². The van der Waals surface area contributed by atoms with Gasteiger partial charge in [0.25, 0.3) is 0 Å². The van der Waals surface area contributed by atoms with Gasteiger partial charge in [0.15, 0.2) is 0 Å². The molecular formula is C14H18FNO. The molecule has 0 spiro atoms. The Kier molecular flexibility index (Phi) is 3.12. The fourth-order valence-corrected chi connectivity index (χ4v) is 2.47. The molecule has 1 heterocycles. The van der Waals surface area contributed by atoms with E-state index in [2.05, 4.69) is 5.32 Å². The number of halogens is 1. The van der Waals surface area contributed by atoms with E-state index in [1.165, 1.54) is 25.0 Å². The van der Waals surface area contributed by atoms with Crippen molar-refractivity contribution < 1.29 is 9.13 Å². The largest absolute Gasteiger partial charge is 0.373 e. The topological polar surface area (TPSA) is 21.3 Å². The van der Waals surface area contributed by atoms with E-state index in [1.54, 1.807) is 0 Å². The lowest BCUT2D eigenvalue weighted by Gasteiger charge is -2.19. The van der Waals surface area contributed by atoms with Crippen molar-refractivity contribution in [3.05, 3.63) is 35.6 Å². The molecule has 2 unspecified atom stereocenters. The van der Waals surface area contributed by atoms with Gasteiger partial charge in [-0.05, 0) is 37.0 Å². The lowest BCUT2D eigenvalue weighted by molar-refractivity contribution is 0.0904. The first-order valence-corrected chi connectivity index (χ1v) is 6.43. The van der Waals surface area contributed by atoms with Crippen LogP contribution in [0, 0.1) is 11.7 Å². The molecule has 0 radical (unpaired) electrons. The number of benzene rings is 1. The zero-order chi connectivity index (χ0) is 11.7. The third-order valence-electron chi connectivity index (χ3n) is 3.66. The monoisotopic (exact) mass is 235 g/mol. The molecule has 1 aliphatic heterocycles. The van der Waals surface area contributed by atoms with Crippen molar-refractivity contribution in [2.24, 2.45) is 5.92 Å². The maximum Gasteiger partial charge on any atom is 0.123 e. The number of ether oxygens (including phenoxy) is 1. The summed E-state index contributed by atoms with van der Waals surface area (Å²) in [5.74, 6) is 0.348. The lowest BCUT2D eigenvalue weighted by Crippen LogP contribution is -2.26. The van der Waals surface area contributed by atoms with Gasteiger partial charge in [-0.15, -0.1) is 0 Å². The van der Waals surface area contributed by atoms with Gasteiger partial charge in [-0.2, -0.15) is 0 Å². The summed E-state index contributed by atoms with van der Waals surface area (Å²) >= 11 is 0. The molecule has 2 nitrogen and oxygen atoms in total. The zero-order valence-electron chi connectivity index (χ0n) is 9.86. The SMILES string of the molecule is Fc1ccc(C2OCCC2CNC2CC2)cc1. The van der Waals surface area contributed by atoms with E-state index < -0.39 is 0 Å². The van der Waals surface area contributed by atoms with Crippen molar-refractivity contribution in [3.63, 3.8) is 0 Å². The van der Waals surface area contributed by atoms with Crippen LogP contribution in [0.15, 0.2) is 24.3 Å². The van der Waals surface area contributed by atoms with Gasteiger partial charge in [0.1, 0.15) is 5.82 Å². The van der Waals surface area contributed by atoms with E-state index in [4.69, 9.17) is 4.74 Å². The van der Waals surface area contributed by atoms with Crippen molar-refractivity contribution >= 4 is 0 Å². The van der Waals surface area contributed by atoms with Gasteiger partial charge in [0, 0.05) is 25.1 Å². The second-order valence-corrected chi connectivity index (χ2v) is 5.07. The molecule has 0 bridgehead atoms. The molecule has 17 heavy (non-hydrogen) atoms. The van der Waals surface area contributed by atoms with E-state index in [0.717, 1.165) is 31.2 Å². The van der Waals surface area contributed by atoms with Gasteiger partial charge in [-0.1, -0.05) is 12.1 Å². The van der Waals surface area contributed by atoms with Gasteiger partial charge in [-0.3, -0.25) is 0 Å². The number of hydrogen-bond donors (Lipinski definition) is 1. The smallest absolute Gasteiger partial charge is 0.123 e. The summed E-state index contributed by atoms with van der Waals surface area (Å²) in [5, 5.41) is 3.56. The fraction of sp³-hybridized carbons (Fsp3) is 0.571. The first kappa shape index (κ1) is 11.2. The average Bonchev–Trinajstić information content (AvgIpc) is 3.06. The first-order valence-electron chi connectivity index (χ1n) is 6.43. The summed E-state index contributed by atoms with van der Waals surface area (Å²) in [4.78, 5) is 0. The molecule has 1 aliphatic carbocycles. The van der Waals surface area contributed by atoms with Gasteiger partial charge < -0.3 is 10.1 Å². The van der Waals surface area contributed by atoms with Gasteiger partial charge in [0.2, 0.25) is 0 Å². The summed E-state index contributed by atoms with van der Waals surface area (Å²) in [6.07, 6.45) is 3.87. The van der Waals surface area contributed by atoms with Crippen LogP contribution >= 0.6 is 0 Å². The molecular weight excluding hydrogens is 217 g/mol. The Hall–Kier alpha value is -0.930. The predicted molar refractivity (Wildman–Crippen MR) is 64.2 cm³/mol. The quantitative estimate of drug-likeness (QED) is 0.866. The van der Waals surface area contributed by atoms with Crippen LogP contribution in [0.4, 0.5) is 4.39 Å². The van der Waals surface area contributed by atoms with Crippen LogP contribution in [-0.4, -0.2) is 19.2 Å². The molecule has 0 amide bonds. The van der Waals surface area contributed by atoms with Crippen molar-refractivity contribution in [2.45, 2.75) is 31.4 Å². The maximum atomic E-state index is 12.9.